The molecule has 0 heterocycles. The highest BCUT2D eigenvalue weighted by atomic mass is 16.3. The van der Waals surface area contributed by atoms with Crippen molar-refractivity contribution in [1.82, 2.24) is 0 Å². The summed E-state index contributed by atoms with van der Waals surface area (Å²) in [6.07, 6.45) is 11.5. The molecule has 2 unspecified atom stereocenters. The monoisotopic (exact) mass is 248 g/mol. The van der Waals surface area contributed by atoms with Crippen molar-refractivity contribution in [3.8, 4) is 0 Å². The van der Waals surface area contributed by atoms with E-state index in [0.29, 0.717) is 5.41 Å². The molecule has 0 bridgehead atoms. The predicted octanol–water partition coefficient (Wildman–Crippen LogP) is 4.31. The second kappa shape index (κ2) is 4.67. The number of hydrogen-bond donors (Lipinski definition) is 1. The number of aliphatic hydroxyl groups is 1. The molecule has 0 saturated heterocycles. The summed E-state index contributed by atoms with van der Waals surface area (Å²) in [6, 6.07) is 0. The lowest BCUT2D eigenvalue weighted by atomic mass is 9.61. The summed E-state index contributed by atoms with van der Waals surface area (Å²) in [5, 5.41) is 9.64. The Morgan fingerprint density at radius 1 is 1.06 bits per heavy atom. The summed E-state index contributed by atoms with van der Waals surface area (Å²) in [5.74, 6) is 2.77. The first kappa shape index (κ1) is 12.7. The molecule has 0 aromatic carbocycles. The van der Waals surface area contributed by atoms with E-state index in [-0.39, 0.29) is 6.10 Å². The Hall–Kier alpha value is -0.300. The standard InChI is InChI=1S/C17H28O/c1-12-3-6-15-11-14(9-10-17(12,15)2)13-4-7-16(18)8-5-13/h13-16,18H,1,3-11H2,2H3/t13?,14?,15?,16?,17-/m1/s1. The zero-order chi connectivity index (χ0) is 12.8. The Balaban J connectivity index is 1.63. The Morgan fingerprint density at radius 2 is 1.78 bits per heavy atom. The molecule has 102 valence electrons. The van der Waals surface area contributed by atoms with Gasteiger partial charge in [-0.1, -0.05) is 19.1 Å². The van der Waals surface area contributed by atoms with Gasteiger partial charge in [0.15, 0.2) is 0 Å². The Morgan fingerprint density at radius 3 is 2.50 bits per heavy atom. The van der Waals surface area contributed by atoms with Crippen LogP contribution in [0.2, 0.25) is 0 Å². The fraction of sp³-hybridized carbons (Fsp3) is 0.882. The van der Waals surface area contributed by atoms with Crippen LogP contribution < -0.4 is 0 Å². The molecule has 3 rings (SSSR count). The van der Waals surface area contributed by atoms with E-state index in [1.807, 2.05) is 0 Å². The van der Waals surface area contributed by atoms with Gasteiger partial charge >= 0.3 is 0 Å². The van der Waals surface area contributed by atoms with Crippen molar-refractivity contribution in [2.75, 3.05) is 0 Å². The summed E-state index contributed by atoms with van der Waals surface area (Å²) < 4.78 is 0. The average Bonchev–Trinajstić information content (AvgIpc) is 2.66. The largest absolute Gasteiger partial charge is 0.393 e. The first-order valence-corrected chi connectivity index (χ1v) is 7.96. The van der Waals surface area contributed by atoms with Crippen LogP contribution in [0.25, 0.3) is 0 Å². The first-order chi connectivity index (χ1) is 8.59. The van der Waals surface area contributed by atoms with E-state index in [1.54, 1.807) is 0 Å². The van der Waals surface area contributed by atoms with Crippen molar-refractivity contribution in [3.63, 3.8) is 0 Å². The van der Waals surface area contributed by atoms with E-state index < -0.39 is 0 Å². The highest BCUT2D eigenvalue weighted by Crippen LogP contribution is 2.57. The van der Waals surface area contributed by atoms with Crippen LogP contribution >= 0.6 is 0 Å². The Bertz CT molecular complexity index is 327. The van der Waals surface area contributed by atoms with Crippen LogP contribution in [0.4, 0.5) is 0 Å². The van der Waals surface area contributed by atoms with Gasteiger partial charge in [-0.2, -0.15) is 0 Å². The Kier molecular flexibility index (Phi) is 3.30. The predicted molar refractivity (Wildman–Crippen MR) is 75.3 cm³/mol. The van der Waals surface area contributed by atoms with Gasteiger partial charge in [0.1, 0.15) is 0 Å². The van der Waals surface area contributed by atoms with E-state index in [1.165, 1.54) is 50.5 Å². The third-order valence-corrected chi connectivity index (χ3v) is 6.53. The van der Waals surface area contributed by atoms with E-state index in [0.717, 1.165) is 30.6 Å². The number of fused-ring (bicyclic) bond motifs is 1. The normalized spacial score (nSPS) is 49.1. The fourth-order valence-corrected chi connectivity index (χ4v) is 4.97. The maximum absolute atomic E-state index is 9.64. The molecule has 0 aliphatic heterocycles. The molecule has 0 amide bonds. The molecule has 0 radical (unpaired) electrons. The van der Waals surface area contributed by atoms with Crippen molar-refractivity contribution in [3.05, 3.63) is 12.2 Å². The topological polar surface area (TPSA) is 20.2 Å². The van der Waals surface area contributed by atoms with Crippen LogP contribution in [0.5, 0.6) is 0 Å². The molecule has 1 nitrogen and oxygen atoms in total. The van der Waals surface area contributed by atoms with E-state index in [4.69, 9.17) is 0 Å². The Labute approximate surface area is 112 Å². The van der Waals surface area contributed by atoms with Gasteiger partial charge < -0.3 is 5.11 Å². The van der Waals surface area contributed by atoms with E-state index in [2.05, 4.69) is 13.5 Å². The van der Waals surface area contributed by atoms with Crippen LogP contribution in [0, 0.1) is 23.2 Å². The summed E-state index contributed by atoms with van der Waals surface area (Å²) in [7, 11) is 0. The molecular formula is C17H28O. The van der Waals surface area contributed by atoms with Gasteiger partial charge in [-0.25, -0.2) is 0 Å². The smallest absolute Gasteiger partial charge is 0.0540 e. The minimum Gasteiger partial charge on any atom is -0.393 e. The van der Waals surface area contributed by atoms with Gasteiger partial charge in [-0.15, -0.1) is 0 Å². The van der Waals surface area contributed by atoms with Gasteiger partial charge in [0, 0.05) is 0 Å². The molecule has 0 spiro atoms. The van der Waals surface area contributed by atoms with Gasteiger partial charge in [0.25, 0.3) is 0 Å². The van der Waals surface area contributed by atoms with Crippen LogP contribution in [-0.4, -0.2) is 11.2 Å². The zero-order valence-corrected chi connectivity index (χ0v) is 11.8. The van der Waals surface area contributed by atoms with Gasteiger partial charge in [0.05, 0.1) is 6.10 Å². The highest BCUT2D eigenvalue weighted by Gasteiger charge is 2.46. The molecular weight excluding hydrogens is 220 g/mol. The van der Waals surface area contributed by atoms with Crippen LogP contribution in [-0.2, 0) is 0 Å². The minimum absolute atomic E-state index is 0.00126. The summed E-state index contributed by atoms with van der Waals surface area (Å²) in [6.45, 7) is 6.79. The molecule has 3 aliphatic carbocycles. The third kappa shape index (κ3) is 2.05. The molecule has 18 heavy (non-hydrogen) atoms. The average molecular weight is 248 g/mol. The van der Waals surface area contributed by atoms with E-state index in [9.17, 15) is 5.11 Å². The molecule has 1 N–H and O–H groups in total. The molecule has 1 heteroatoms. The third-order valence-electron chi connectivity index (χ3n) is 6.53. The summed E-state index contributed by atoms with van der Waals surface area (Å²) in [4.78, 5) is 0. The van der Waals surface area contributed by atoms with Crippen molar-refractivity contribution >= 4 is 0 Å². The molecule has 3 saturated carbocycles. The molecule has 0 aromatic heterocycles. The molecule has 0 aromatic rings. The summed E-state index contributed by atoms with van der Waals surface area (Å²) in [5.41, 5.74) is 2.01. The SMILES string of the molecule is C=C1CCC2CC(C3CCC(O)CC3)CC[C@]12C. The second-order valence-corrected chi connectivity index (χ2v) is 7.36. The van der Waals surface area contributed by atoms with Gasteiger partial charge in [0.2, 0.25) is 0 Å². The number of aliphatic hydroxyl groups excluding tert-OH is 1. The van der Waals surface area contributed by atoms with Crippen LogP contribution in [0.1, 0.15) is 64.7 Å². The van der Waals surface area contributed by atoms with Crippen molar-refractivity contribution in [2.24, 2.45) is 23.2 Å². The van der Waals surface area contributed by atoms with Crippen LogP contribution in [0.3, 0.4) is 0 Å². The maximum Gasteiger partial charge on any atom is 0.0540 e. The van der Waals surface area contributed by atoms with Gasteiger partial charge in [-0.3, -0.25) is 0 Å². The fourth-order valence-electron chi connectivity index (χ4n) is 4.97. The van der Waals surface area contributed by atoms with Gasteiger partial charge in [-0.05, 0) is 81.0 Å². The quantitative estimate of drug-likeness (QED) is 0.686. The number of hydrogen-bond acceptors (Lipinski definition) is 1. The number of rotatable bonds is 1. The highest BCUT2D eigenvalue weighted by molar-refractivity contribution is 5.18. The molecule has 3 atom stereocenters. The minimum atomic E-state index is 0.00126. The van der Waals surface area contributed by atoms with E-state index >= 15 is 0 Å². The lowest BCUT2D eigenvalue weighted by Gasteiger charge is -2.44. The zero-order valence-electron chi connectivity index (χ0n) is 11.8. The maximum atomic E-state index is 9.64. The lowest BCUT2D eigenvalue weighted by Crippen LogP contribution is -2.35. The first-order valence-electron chi connectivity index (χ1n) is 7.96. The van der Waals surface area contributed by atoms with Crippen molar-refractivity contribution in [2.45, 2.75) is 70.8 Å². The lowest BCUT2D eigenvalue weighted by molar-refractivity contribution is 0.0523. The second-order valence-electron chi connectivity index (χ2n) is 7.36. The number of allylic oxidation sites excluding steroid dienone is 1. The van der Waals surface area contributed by atoms with Crippen LogP contribution in [0.15, 0.2) is 12.2 Å². The molecule has 3 aliphatic rings. The van der Waals surface area contributed by atoms with Crippen molar-refractivity contribution in [1.29, 1.82) is 0 Å². The summed E-state index contributed by atoms with van der Waals surface area (Å²) >= 11 is 0. The molecule has 3 fully saturated rings. The van der Waals surface area contributed by atoms with Crippen molar-refractivity contribution < 1.29 is 5.11 Å².